The van der Waals surface area contributed by atoms with Crippen LogP contribution in [0.4, 0.5) is 42.8 Å². The standard InChI is InChI=1S/C20H22ClN7O3.C17H27N3O3.C12H16BrNO2.C12H18N2O2.C8H9Br2NO.C8H4ClN5O.C5H11NO2.C4H8O/c1-12(30-2)18-16(9-22-10-17(18)31-11-13-3-4-13)27-20(29)26-14-7-15(21)19(23-8-14)28-24-5-6-25-28;1-11(22-5)15-13(19-16(21)20-17(2,3)4)8-18-9-14(15)23-10-12-6-7-12;2*1-8(15-2)12-10(13)5-14-6-11(12)16-7-9-3-4-9;1-5(12-2)8-6(9)3-11-4-7(8)10;9-7-3-6(11-5-15)4-10-8(7)14-12-1-2-13-14;1-5(2,3)8-4(6)7;5-3-4-1-2-4/h5-10,12-13H,3-4,11H2,1-2H3,(H2,26,27,29);8-9,11-12H,6-7,10H2,1-5H3,(H2,19,20,21);5-6,8-9H,3-4,7H2,1-2H3;5-6,8-9H,3-4,7,13H2,1-2H3;3-5H,1-2H3;1-4H;1-3H3,(H2,6,7);4-5H,1-3H2. The predicted octanol–water partition coefficient (Wildman–Crippen LogP) is 18.7. The molecule has 9 aromatic rings. The number of aliphatic hydroxyl groups is 1. The molecular formula is C86H115Br3Cl2N20O15. The van der Waals surface area contributed by atoms with E-state index in [1.165, 1.54) is 123 Å². The molecule has 5 aliphatic carbocycles. The number of hydrogen-bond acceptors (Lipinski definition) is 28. The quantitative estimate of drug-likeness (QED) is 0.0169. The van der Waals surface area contributed by atoms with E-state index in [1.54, 1.807) is 124 Å². The lowest BCUT2D eigenvalue weighted by molar-refractivity contribution is 0.0599. The summed E-state index contributed by atoms with van der Waals surface area (Å²) in [5.74, 6) is 6.96. The van der Waals surface area contributed by atoms with Gasteiger partial charge in [-0.05, 0) is 230 Å². The third-order valence-electron chi connectivity index (χ3n) is 18.8. The van der Waals surface area contributed by atoms with Gasteiger partial charge in [-0.15, -0.1) is 9.59 Å². The van der Waals surface area contributed by atoms with Gasteiger partial charge in [-0.2, -0.15) is 25.4 Å². The van der Waals surface area contributed by atoms with Crippen LogP contribution in [0.2, 0.25) is 10.0 Å². The van der Waals surface area contributed by atoms with Gasteiger partial charge in [0.1, 0.15) is 28.6 Å². The highest BCUT2D eigenvalue weighted by molar-refractivity contribution is 9.11. The minimum Gasteiger partial charge on any atom is -0.491 e. The summed E-state index contributed by atoms with van der Waals surface area (Å²) in [6.07, 6.45) is 38.4. The SMILES string of the molecule is CC(C)(C)OC(N)=O.COC(C)c1c(Br)cncc1Br.COC(C)c1c(Br)cncc1OCC1CC1.COC(C)c1c(N)cncc1OCC1CC1.COC(C)c1c(NC(=O)NC(C)(C)C)cncc1OCC1CC1.COC(C)c1c(NC(=O)Nc2cnc(-n3nccn3)c(Cl)c2)cncc1OCC1CC1.O=C=Nc1cnc(-n2nccn2)c(Cl)c1.OCC1CC1. The number of nitrogens with two attached hydrogens (primary N) is 2. The Hall–Kier alpha value is -9.70. The molecule has 14 rings (SSSR count). The van der Waals surface area contributed by atoms with Crippen molar-refractivity contribution < 1.29 is 71.7 Å². The molecule has 684 valence electrons. The van der Waals surface area contributed by atoms with E-state index in [0.29, 0.717) is 105 Å². The Morgan fingerprint density at radius 1 is 0.492 bits per heavy atom. The molecule has 0 spiro atoms. The number of hydrogen-bond donors (Lipinski definition) is 7. The third kappa shape index (κ3) is 36.6. The maximum Gasteiger partial charge on any atom is 0.405 e. The minimum absolute atomic E-state index is 0.00609. The van der Waals surface area contributed by atoms with Crippen molar-refractivity contribution >= 4 is 124 Å². The van der Waals surface area contributed by atoms with Gasteiger partial charge >= 0.3 is 18.2 Å². The van der Waals surface area contributed by atoms with Crippen LogP contribution in [0.25, 0.3) is 11.6 Å². The van der Waals surface area contributed by atoms with Crippen molar-refractivity contribution in [3.8, 4) is 34.6 Å². The Balaban J connectivity index is 0.000000206. The average Bonchev–Trinajstić information content (AvgIpc) is 0.959. The van der Waals surface area contributed by atoms with Crippen molar-refractivity contribution in [2.45, 2.75) is 182 Å². The number of aromatic nitrogens is 13. The molecule has 126 heavy (non-hydrogen) atoms. The van der Waals surface area contributed by atoms with Crippen molar-refractivity contribution in [2.24, 2.45) is 40.3 Å². The number of pyridine rings is 7. The number of anilines is 4. The molecule has 5 fully saturated rings. The molecule has 0 bridgehead atoms. The minimum atomic E-state index is -0.725. The summed E-state index contributed by atoms with van der Waals surface area (Å²) in [5.41, 5.74) is 16.9. The molecule has 5 saturated carbocycles. The number of amides is 5. The highest BCUT2D eigenvalue weighted by Crippen LogP contribution is 2.41. The number of rotatable bonds is 29. The highest BCUT2D eigenvalue weighted by atomic mass is 79.9. The maximum atomic E-state index is 12.6. The van der Waals surface area contributed by atoms with E-state index in [9.17, 15) is 19.2 Å². The van der Waals surface area contributed by atoms with Crippen LogP contribution in [-0.2, 0) is 33.2 Å². The number of nitrogens with zero attached hydrogens (tertiary/aromatic N) is 14. The molecule has 0 aromatic carbocycles. The number of carbonyl (C=O) groups excluding carboxylic acids is 4. The van der Waals surface area contributed by atoms with E-state index in [2.05, 4.69) is 134 Å². The summed E-state index contributed by atoms with van der Waals surface area (Å²) in [4.78, 5) is 79.5. The first-order valence-corrected chi connectivity index (χ1v) is 43.9. The number of ether oxygens (including phenoxy) is 10. The number of urea groups is 2. The number of isocyanates is 1. The molecule has 5 amide bonds. The molecule has 0 aliphatic heterocycles. The topological polar surface area (TPSA) is 445 Å². The third-order valence-corrected chi connectivity index (χ3v) is 21.2. The molecule has 35 nitrogen and oxygen atoms in total. The van der Waals surface area contributed by atoms with Gasteiger partial charge in [0.15, 0.2) is 11.6 Å². The fraction of sp³-hybridized carbons (Fsp3) is 0.500. The van der Waals surface area contributed by atoms with Crippen molar-refractivity contribution in [1.29, 1.82) is 0 Å². The smallest absolute Gasteiger partial charge is 0.405 e. The van der Waals surface area contributed by atoms with Crippen LogP contribution in [0.1, 0.15) is 199 Å². The van der Waals surface area contributed by atoms with Crippen LogP contribution < -0.4 is 51.7 Å². The second kappa shape index (κ2) is 51.9. The van der Waals surface area contributed by atoms with E-state index < -0.39 is 17.7 Å². The monoisotopic (exact) mass is 1970 g/mol. The summed E-state index contributed by atoms with van der Waals surface area (Å²) in [6.45, 7) is 24.1. The Bertz CT molecular complexity index is 4830. The van der Waals surface area contributed by atoms with Crippen molar-refractivity contribution in [2.75, 3.05) is 90.3 Å². The molecule has 5 atom stereocenters. The van der Waals surface area contributed by atoms with E-state index >= 15 is 0 Å². The van der Waals surface area contributed by atoms with Gasteiger partial charge in [0, 0.05) is 108 Å². The van der Waals surface area contributed by atoms with Crippen molar-refractivity contribution in [1.82, 2.24) is 70.2 Å². The molecule has 0 saturated heterocycles. The summed E-state index contributed by atoms with van der Waals surface area (Å²) >= 11 is 22.5. The largest absolute Gasteiger partial charge is 0.491 e. The molecule has 9 heterocycles. The van der Waals surface area contributed by atoms with Gasteiger partial charge in [0.25, 0.3) is 0 Å². The van der Waals surface area contributed by atoms with Gasteiger partial charge in [0.05, 0.1) is 176 Å². The molecule has 5 aliphatic rings. The van der Waals surface area contributed by atoms with Crippen LogP contribution in [0.5, 0.6) is 23.0 Å². The number of aliphatic imine (C=N–C) groups is 1. The van der Waals surface area contributed by atoms with Crippen LogP contribution in [0, 0.1) is 29.6 Å². The Labute approximate surface area is 770 Å². The fourth-order valence-corrected chi connectivity index (χ4v) is 13.5. The van der Waals surface area contributed by atoms with Gasteiger partial charge in [-0.3, -0.25) is 24.9 Å². The predicted molar refractivity (Wildman–Crippen MR) is 490 cm³/mol. The van der Waals surface area contributed by atoms with E-state index in [4.69, 9.17) is 82.4 Å². The Morgan fingerprint density at radius 2 is 0.841 bits per heavy atom. The van der Waals surface area contributed by atoms with Gasteiger partial charge in [-0.1, -0.05) is 23.2 Å². The van der Waals surface area contributed by atoms with Crippen LogP contribution in [0.15, 0.2) is 130 Å². The van der Waals surface area contributed by atoms with Crippen LogP contribution in [0.3, 0.4) is 0 Å². The van der Waals surface area contributed by atoms with E-state index in [0.717, 1.165) is 71.9 Å². The molecule has 5 unspecified atom stereocenters. The Kier molecular flexibility index (Phi) is 42.6. The van der Waals surface area contributed by atoms with E-state index in [-0.39, 0.29) is 42.1 Å². The van der Waals surface area contributed by atoms with E-state index in [1.807, 2.05) is 55.4 Å². The van der Waals surface area contributed by atoms with Gasteiger partial charge in [0.2, 0.25) is 6.08 Å². The number of primary amides is 1. The second-order valence-electron chi connectivity index (χ2n) is 31.7. The van der Waals surface area contributed by atoms with Crippen LogP contribution in [-0.4, -0.2) is 174 Å². The zero-order chi connectivity index (χ0) is 92.2. The van der Waals surface area contributed by atoms with Crippen LogP contribution >= 0.6 is 71.0 Å². The first-order valence-electron chi connectivity index (χ1n) is 40.8. The maximum absolute atomic E-state index is 12.6. The first kappa shape index (κ1) is 103. The molecule has 9 N–H and O–H groups in total. The Morgan fingerprint density at radius 3 is 1.20 bits per heavy atom. The molecule has 0 radical (unpaired) electrons. The lowest BCUT2D eigenvalue weighted by Gasteiger charge is -2.23. The zero-order valence-electron chi connectivity index (χ0n) is 73.7. The lowest BCUT2D eigenvalue weighted by atomic mass is 10.1. The second-order valence-corrected chi connectivity index (χ2v) is 35.1. The van der Waals surface area contributed by atoms with Crippen molar-refractivity contribution in [3.63, 3.8) is 0 Å². The molecular weight excluding hydrogens is 1860 g/mol. The number of methoxy groups -OCH3 is 5. The average molecular weight is 1980 g/mol. The fourth-order valence-electron chi connectivity index (χ4n) is 10.9. The number of aliphatic hydroxyl groups excluding tert-OH is 1. The number of halogens is 5. The summed E-state index contributed by atoms with van der Waals surface area (Å²) < 4.78 is 57.6. The number of nitrogens with one attached hydrogen (secondary N) is 4. The summed E-state index contributed by atoms with van der Waals surface area (Å²) in [6, 6.07) is 2.30. The number of carbonyl (C=O) groups is 3. The lowest BCUT2D eigenvalue weighted by Crippen LogP contribution is -2.43. The summed E-state index contributed by atoms with van der Waals surface area (Å²) in [7, 11) is 8.28. The van der Waals surface area contributed by atoms with Gasteiger partial charge < -0.3 is 85.2 Å². The molecule has 9 aromatic heterocycles. The first-order chi connectivity index (χ1) is 60.1. The van der Waals surface area contributed by atoms with Crippen molar-refractivity contribution in [3.05, 3.63) is 163 Å². The molecule has 40 heteroatoms. The highest BCUT2D eigenvalue weighted by Gasteiger charge is 2.30. The normalized spacial score (nSPS) is 14.7. The van der Waals surface area contributed by atoms with Gasteiger partial charge in [-0.25, -0.2) is 29.1 Å². The number of nitrogen functional groups attached to an aromatic ring is 1. The zero-order valence-corrected chi connectivity index (χ0v) is 80.0. The summed E-state index contributed by atoms with van der Waals surface area (Å²) in [5, 5.41) is 35.8.